The van der Waals surface area contributed by atoms with Gasteiger partial charge >= 0.3 is 0 Å². The van der Waals surface area contributed by atoms with E-state index in [0.29, 0.717) is 12.1 Å². The van der Waals surface area contributed by atoms with Crippen LogP contribution in [0.1, 0.15) is 22.8 Å². The number of carbonyl (C=O) groups excluding carboxylic acids is 2. The molecule has 2 rings (SSSR count). The normalized spacial score (nSPS) is 11.9. The minimum Gasteiger partial charge on any atom is -0.355 e. The Bertz CT molecular complexity index is 762. The molecular weight excluding hydrogens is 346 g/mol. The van der Waals surface area contributed by atoms with Crippen LogP contribution in [-0.2, 0) is 11.3 Å². The predicted molar refractivity (Wildman–Crippen MR) is 108 cm³/mol. The van der Waals surface area contributed by atoms with Crippen LogP contribution in [0.15, 0.2) is 53.4 Å². The zero-order valence-corrected chi connectivity index (χ0v) is 16.4. The Morgan fingerprint density at radius 2 is 1.85 bits per heavy atom. The van der Waals surface area contributed by atoms with Gasteiger partial charge in [0.2, 0.25) is 5.91 Å². The molecule has 1 atom stereocenters. The van der Waals surface area contributed by atoms with E-state index in [-0.39, 0.29) is 17.9 Å². The summed E-state index contributed by atoms with van der Waals surface area (Å²) in [6.07, 6.45) is 2.01. The number of nitrogens with zero attached hydrogens (tertiary/aromatic N) is 1. The van der Waals surface area contributed by atoms with Crippen LogP contribution in [-0.4, -0.2) is 43.1 Å². The number of carbonyl (C=O) groups is 2. The SMILES string of the molecule is CNC(=O)c1ccc(CN(C)C(C)C(=O)Nc2cccc(SC)c2)cc1. The van der Waals surface area contributed by atoms with Crippen LogP contribution >= 0.6 is 11.8 Å². The van der Waals surface area contributed by atoms with Gasteiger partial charge in [-0.1, -0.05) is 18.2 Å². The maximum absolute atomic E-state index is 12.5. The highest BCUT2D eigenvalue weighted by molar-refractivity contribution is 7.98. The van der Waals surface area contributed by atoms with E-state index < -0.39 is 0 Å². The van der Waals surface area contributed by atoms with Crippen LogP contribution in [0.3, 0.4) is 0 Å². The van der Waals surface area contributed by atoms with Crippen molar-refractivity contribution >= 4 is 29.3 Å². The summed E-state index contributed by atoms with van der Waals surface area (Å²) >= 11 is 1.64. The number of thioether (sulfide) groups is 1. The lowest BCUT2D eigenvalue weighted by atomic mass is 10.1. The summed E-state index contributed by atoms with van der Waals surface area (Å²) in [5.74, 6) is -0.155. The summed E-state index contributed by atoms with van der Waals surface area (Å²) in [7, 11) is 3.52. The summed E-state index contributed by atoms with van der Waals surface area (Å²) in [5, 5.41) is 5.57. The fraction of sp³-hybridized carbons (Fsp3) is 0.300. The van der Waals surface area contributed by atoms with Gasteiger partial charge in [-0.15, -0.1) is 11.8 Å². The highest BCUT2D eigenvalue weighted by atomic mass is 32.2. The zero-order valence-electron chi connectivity index (χ0n) is 15.6. The number of amides is 2. The number of anilines is 1. The third kappa shape index (κ3) is 5.34. The Hall–Kier alpha value is -2.31. The maximum Gasteiger partial charge on any atom is 0.251 e. The van der Waals surface area contributed by atoms with E-state index in [2.05, 4.69) is 10.6 Å². The van der Waals surface area contributed by atoms with Crippen LogP contribution < -0.4 is 10.6 Å². The first-order valence-electron chi connectivity index (χ1n) is 8.40. The molecule has 0 aliphatic heterocycles. The molecule has 0 heterocycles. The van der Waals surface area contributed by atoms with Crippen molar-refractivity contribution < 1.29 is 9.59 Å². The topological polar surface area (TPSA) is 61.4 Å². The average Bonchev–Trinajstić information content (AvgIpc) is 2.67. The standard InChI is InChI=1S/C20H25N3O2S/c1-14(19(24)22-17-6-5-7-18(12-17)26-4)23(3)13-15-8-10-16(11-9-15)20(25)21-2/h5-12,14H,13H2,1-4H3,(H,21,25)(H,22,24). The molecule has 2 aromatic carbocycles. The molecule has 1 unspecified atom stereocenters. The number of hydrogen-bond donors (Lipinski definition) is 2. The Labute approximate surface area is 159 Å². The molecule has 138 valence electrons. The molecule has 5 nitrogen and oxygen atoms in total. The molecule has 26 heavy (non-hydrogen) atoms. The summed E-state index contributed by atoms with van der Waals surface area (Å²) in [4.78, 5) is 27.2. The van der Waals surface area contributed by atoms with Gasteiger partial charge in [0.05, 0.1) is 6.04 Å². The monoisotopic (exact) mass is 371 g/mol. The molecular formula is C20H25N3O2S. The van der Waals surface area contributed by atoms with E-state index >= 15 is 0 Å². The van der Waals surface area contributed by atoms with Gasteiger partial charge in [-0.2, -0.15) is 0 Å². The van der Waals surface area contributed by atoms with Gasteiger partial charge in [0.1, 0.15) is 0 Å². The molecule has 0 bridgehead atoms. The molecule has 2 N–H and O–H groups in total. The van der Waals surface area contributed by atoms with Gasteiger partial charge in [-0.3, -0.25) is 14.5 Å². The van der Waals surface area contributed by atoms with Gasteiger partial charge < -0.3 is 10.6 Å². The van der Waals surface area contributed by atoms with Crippen LogP contribution in [0.5, 0.6) is 0 Å². The molecule has 6 heteroatoms. The number of nitrogens with one attached hydrogen (secondary N) is 2. The van der Waals surface area contributed by atoms with Crippen molar-refractivity contribution in [3.05, 3.63) is 59.7 Å². The van der Waals surface area contributed by atoms with Crippen LogP contribution in [0.4, 0.5) is 5.69 Å². The van der Waals surface area contributed by atoms with Crippen molar-refractivity contribution in [2.24, 2.45) is 0 Å². The van der Waals surface area contributed by atoms with E-state index in [4.69, 9.17) is 0 Å². The smallest absolute Gasteiger partial charge is 0.251 e. The van der Waals surface area contributed by atoms with Gasteiger partial charge in [0.15, 0.2) is 0 Å². The molecule has 0 aliphatic carbocycles. The lowest BCUT2D eigenvalue weighted by Gasteiger charge is -2.24. The first-order chi connectivity index (χ1) is 12.4. The van der Waals surface area contributed by atoms with Crippen molar-refractivity contribution in [2.75, 3.05) is 25.7 Å². The molecule has 0 fully saturated rings. The Kier molecular flexibility index (Phi) is 7.24. The summed E-state index contributed by atoms with van der Waals surface area (Å²) in [5.41, 5.74) is 2.47. The van der Waals surface area contributed by atoms with Crippen molar-refractivity contribution in [1.29, 1.82) is 0 Å². The number of likely N-dealkylation sites (N-methyl/N-ethyl adjacent to an activating group) is 1. The largest absolute Gasteiger partial charge is 0.355 e. The average molecular weight is 372 g/mol. The third-order valence-corrected chi connectivity index (χ3v) is 4.98. The Morgan fingerprint density at radius 3 is 2.46 bits per heavy atom. The minimum atomic E-state index is -0.286. The van der Waals surface area contributed by atoms with Crippen LogP contribution in [0.25, 0.3) is 0 Å². The number of benzene rings is 2. The fourth-order valence-electron chi connectivity index (χ4n) is 2.48. The Morgan fingerprint density at radius 1 is 1.15 bits per heavy atom. The second-order valence-corrected chi connectivity index (χ2v) is 6.97. The lowest BCUT2D eigenvalue weighted by Crippen LogP contribution is -2.39. The van der Waals surface area contributed by atoms with E-state index in [1.165, 1.54) is 0 Å². The fourth-order valence-corrected chi connectivity index (χ4v) is 2.94. The van der Waals surface area contributed by atoms with E-state index in [0.717, 1.165) is 16.1 Å². The molecule has 2 amide bonds. The van der Waals surface area contributed by atoms with Crippen molar-refractivity contribution in [1.82, 2.24) is 10.2 Å². The Balaban J connectivity index is 1.96. The van der Waals surface area contributed by atoms with Crippen molar-refractivity contribution in [3.8, 4) is 0 Å². The molecule has 0 saturated carbocycles. The van der Waals surface area contributed by atoms with E-state index in [9.17, 15) is 9.59 Å². The lowest BCUT2D eigenvalue weighted by molar-refractivity contribution is -0.120. The molecule has 0 aliphatic rings. The highest BCUT2D eigenvalue weighted by Gasteiger charge is 2.18. The van der Waals surface area contributed by atoms with Gasteiger partial charge in [0, 0.05) is 29.7 Å². The minimum absolute atomic E-state index is 0.0484. The molecule has 0 aromatic heterocycles. The summed E-state index contributed by atoms with van der Waals surface area (Å²) < 4.78 is 0. The first kappa shape index (κ1) is 20.0. The van der Waals surface area contributed by atoms with Crippen molar-refractivity contribution in [3.63, 3.8) is 0 Å². The first-order valence-corrected chi connectivity index (χ1v) is 9.63. The number of hydrogen-bond acceptors (Lipinski definition) is 4. The number of rotatable bonds is 7. The second kappa shape index (κ2) is 9.40. The van der Waals surface area contributed by atoms with E-state index in [1.54, 1.807) is 30.9 Å². The zero-order chi connectivity index (χ0) is 19.1. The summed E-state index contributed by atoms with van der Waals surface area (Å²) in [6, 6.07) is 14.9. The van der Waals surface area contributed by atoms with Gasteiger partial charge in [-0.25, -0.2) is 0 Å². The molecule has 0 spiro atoms. The third-order valence-electron chi connectivity index (χ3n) is 4.25. The molecule has 0 radical (unpaired) electrons. The molecule has 2 aromatic rings. The van der Waals surface area contributed by atoms with E-state index in [1.807, 2.05) is 61.5 Å². The highest BCUT2D eigenvalue weighted by Crippen LogP contribution is 2.19. The predicted octanol–water partition coefficient (Wildman–Crippen LogP) is 3.23. The summed E-state index contributed by atoms with van der Waals surface area (Å²) in [6.45, 7) is 2.50. The van der Waals surface area contributed by atoms with Crippen molar-refractivity contribution in [2.45, 2.75) is 24.4 Å². The van der Waals surface area contributed by atoms with Crippen LogP contribution in [0, 0.1) is 0 Å². The van der Waals surface area contributed by atoms with Gasteiger partial charge in [-0.05, 0) is 56.1 Å². The van der Waals surface area contributed by atoms with Gasteiger partial charge in [0.25, 0.3) is 5.91 Å². The maximum atomic E-state index is 12.5. The second-order valence-electron chi connectivity index (χ2n) is 6.09. The van der Waals surface area contributed by atoms with Crippen LogP contribution in [0.2, 0.25) is 0 Å². The quantitative estimate of drug-likeness (QED) is 0.734. The molecule has 0 saturated heterocycles.